The van der Waals surface area contributed by atoms with E-state index in [0.29, 0.717) is 12.1 Å². The fourth-order valence-corrected chi connectivity index (χ4v) is 3.92. The fourth-order valence-electron chi connectivity index (χ4n) is 3.92. The van der Waals surface area contributed by atoms with Crippen molar-refractivity contribution in [1.82, 2.24) is 4.57 Å². The third kappa shape index (κ3) is 3.46. The van der Waals surface area contributed by atoms with Crippen molar-refractivity contribution < 1.29 is 18.0 Å². The number of aryl methyl sites for hydroxylation is 1. The van der Waals surface area contributed by atoms with E-state index in [1.807, 2.05) is 36.6 Å². The van der Waals surface area contributed by atoms with Gasteiger partial charge in [0.2, 0.25) is 0 Å². The Hall–Kier alpha value is -3.61. The lowest BCUT2D eigenvalue weighted by atomic mass is 10.0. The highest BCUT2D eigenvalue weighted by molar-refractivity contribution is 6.34. The Balaban J connectivity index is 1.94. The van der Waals surface area contributed by atoms with E-state index in [-0.39, 0.29) is 5.69 Å². The minimum Gasteiger partial charge on any atom is -0.340 e. The molecule has 1 aliphatic rings. The van der Waals surface area contributed by atoms with Gasteiger partial charge in [-0.05, 0) is 37.6 Å². The average Bonchev–Trinajstić information content (AvgIpc) is 3.20. The molecule has 1 amide bonds. The number of hydrazone groups is 1. The average molecular weight is 423 g/mol. The molecule has 0 unspecified atom stereocenters. The van der Waals surface area contributed by atoms with Gasteiger partial charge in [-0.2, -0.15) is 23.3 Å². The highest BCUT2D eigenvalue weighted by Gasteiger charge is 2.47. The van der Waals surface area contributed by atoms with Gasteiger partial charge >= 0.3 is 6.18 Å². The number of rotatable bonds is 4. The quantitative estimate of drug-likeness (QED) is 0.386. The van der Waals surface area contributed by atoms with Crippen LogP contribution in [0.4, 0.5) is 18.9 Å². The Bertz CT molecular complexity index is 1250. The summed E-state index contributed by atoms with van der Waals surface area (Å²) in [6, 6.07) is 13.7. The van der Waals surface area contributed by atoms with Gasteiger partial charge < -0.3 is 4.57 Å². The molecular weight excluding hydrogens is 403 g/mol. The van der Waals surface area contributed by atoms with Crippen molar-refractivity contribution in [1.29, 1.82) is 0 Å². The number of fused-ring (bicyclic) bond motifs is 1. The second kappa shape index (κ2) is 7.58. The van der Waals surface area contributed by atoms with Crippen LogP contribution >= 0.6 is 0 Å². The van der Waals surface area contributed by atoms with Gasteiger partial charge in [0.25, 0.3) is 5.91 Å². The summed E-state index contributed by atoms with van der Waals surface area (Å²) in [6.45, 7) is 8.05. The number of carbonyl (C=O) groups excluding carboxylic acids is 1. The van der Waals surface area contributed by atoms with Crippen LogP contribution in [0.2, 0.25) is 0 Å². The first-order chi connectivity index (χ1) is 14.7. The number of allylic oxidation sites excluding steroid dienone is 1. The van der Waals surface area contributed by atoms with Crippen molar-refractivity contribution in [3.05, 3.63) is 83.6 Å². The Kier molecular flexibility index (Phi) is 5.05. The van der Waals surface area contributed by atoms with Gasteiger partial charge in [-0.25, -0.2) is 0 Å². The molecule has 1 aliphatic heterocycles. The number of benzene rings is 2. The van der Waals surface area contributed by atoms with Crippen LogP contribution in [-0.2, 0) is 11.3 Å². The first-order valence-electron chi connectivity index (χ1n) is 9.70. The first kappa shape index (κ1) is 20.7. The van der Waals surface area contributed by atoms with Crippen LogP contribution in [0.15, 0.2) is 71.9 Å². The normalized spacial score (nSPS) is 15.8. The standard InChI is InChI=1S/C24H20F3N3O/c1-4-13-29-16(3)19(18-12-8-9-15(2)21(18)29)14-20-22(24(25,26)27)28-30(23(20)31)17-10-6-5-7-11-17/h4-12,14H,1,13H2,2-3H3/b20-14+. The molecule has 0 N–H and O–H groups in total. The largest absolute Gasteiger partial charge is 0.435 e. The zero-order valence-electron chi connectivity index (χ0n) is 17.1. The molecule has 1 aromatic heterocycles. The zero-order chi connectivity index (χ0) is 22.3. The van der Waals surface area contributed by atoms with E-state index >= 15 is 0 Å². The lowest BCUT2D eigenvalue weighted by Crippen LogP contribution is -2.25. The molecule has 2 heterocycles. The van der Waals surface area contributed by atoms with Gasteiger partial charge in [0.05, 0.1) is 16.8 Å². The molecule has 0 spiro atoms. The number of carbonyl (C=O) groups is 1. The molecule has 0 radical (unpaired) electrons. The molecule has 2 aromatic carbocycles. The monoisotopic (exact) mass is 423 g/mol. The lowest BCUT2D eigenvalue weighted by Gasteiger charge is -2.10. The van der Waals surface area contributed by atoms with Crippen LogP contribution < -0.4 is 5.01 Å². The molecule has 4 nitrogen and oxygen atoms in total. The smallest absolute Gasteiger partial charge is 0.340 e. The highest BCUT2D eigenvalue weighted by atomic mass is 19.4. The van der Waals surface area contributed by atoms with Gasteiger partial charge in [0.1, 0.15) is 0 Å². The Morgan fingerprint density at radius 3 is 2.42 bits per heavy atom. The summed E-state index contributed by atoms with van der Waals surface area (Å²) in [5.41, 5.74) is 1.82. The number of hydrogen-bond donors (Lipinski definition) is 0. The Morgan fingerprint density at radius 1 is 1.06 bits per heavy atom. The van der Waals surface area contributed by atoms with Gasteiger partial charge in [0, 0.05) is 23.2 Å². The van der Waals surface area contributed by atoms with E-state index in [1.165, 1.54) is 6.08 Å². The van der Waals surface area contributed by atoms with Crippen LogP contribution in [0.1, 0.15) is 16.8 Å². The third-order valence-corrected chi connectivity index (χ3v) is 5.34. The third-order valence-electron chi connectivity index (χ3n) is 5.34. The molecule has 31 heavy (non-hydrogen) atoms. The van der Waals surface area contributed by atoms with E-state index in [1.54, 1.807) is 36.4 Å². The van der Waals surface area contributed by atoms with E-state index in [2.05, 4.69) is 11.7 Å². The zero-order valence-corrected chi connectivity index (χ0v) is 17.1. The molecule has 3 aromatic rings. The van der Waals surface area contributed by atoms with Crippen LogP contribution in [0.3, 0.4) is 0 Å². The molecule has 0 aliphatic carbocycles. The number of hydrogen-bond acceptors (Lipinski definition) is 2. The summed E-state index contributed by atoms with van der Waals surface area (Å²) in [4.78, 5) is 13.0. The Morgan fingerprint density at radius 2 is 1.77 bits per heavy atom. The summed E-state index contributed by atoms with van der Waals surface area (Å²) < 4.78 is 43.4. The van der Waals surface area contributed by atoms with Gasteiger partial charge in [-0.1, -0.05) is 42.5 Å². The minimum absolute atomic E-state index is 0.277. The second-order valence-electron chi connectivity index (χ2n) is 7.33. The minimum atomic E-state index is -4.77. The van der Waals surface area contributed by atoms with Crippen LogP contribution in [0, 0.1) is 13.8 Å². The molecule has 0 fully saturated rings. The summed E-state index contributed by atoms with van der Waals surface area (Å²) in [7, 11) is 0. The molecule has 0 saturated heterocycles. The fraction of sp³-hybridized carbons (Fsp3) is 0.167. The van der Waals surface area contributed by atoms with E-state index < -0.39 is 23.4 Å². The summed E-state index contributed by atoms with van der Waals surface area (Å²) in [5.74, 6) is -0.810. The maximum absolute atomic E-state index is 13.8. The topological polar surface area (TPSA) is 37.6 Å². The van der Waals surface area contributed by atoms with E-state index in [9.17, 15) is 18.0 Å². The van der Waals surface area contributed by atoms with Crippen LogP contribution in [0.5, 0.6) is 0 Å². The lowest BCUT2D eigenvalue weighted by molar-refractivity contribution is -0.114. The predicted molar refractivity (Wildman–Crippen MR) is 117 cm³/mol. The van der Waals surface area contributed by atoms with Crippen molar-refractivity contribution in [2.75, 3.05) is 5.01 Å². The van der Waals surface area contributed by atoms with Crippen molar-refractivity contribution in [3.8, 4) is 0 Å². The van der Waals surface area contributed by atoms with Gasteiger partial charge in [0.15, 0.2) is 5.71 Å². The molecule has 158 valence electrons. The number of halogens is 3. The highest BCUT2D eigenvalue weighted by Crippen LogP contribution is 2.35. The summed E-state index contributed by atoms with van der Waals surface area (Å²) >= 11 is 0. The number of aromatic nitrogens is 1. The number of para-hydroxylation sites is 2. The number of amides is 1. The van der Waals surface area contributed by atoms with Crippen LogP contribution in [0.25, 0.3) is 17.0 Å². The number of alkyl halides is 3. The predicted octanol–water partition coefficient (Wildman–Crippen LogP) is 5.79. The summed E-state index contributed by atoms with van der Waals surface area (Å²) in [6.07, 6.45) is -1.72. The molecule has 0 saturated carbocycles. The molecule has 0 atom stereocenters. The van der Waals surface area contributed by atoms with Crippen molar-refractivity contribution in [2.24, 2.45) is 5.10 Å². The molecular formula is C24H20F3N3O. The van der Waals surface area contributed by atoms with Crippen molar-refractivity contribution in [3.63, 3.8) is 0 Å². The Labute approximate surface area is 177 Å². The van der Waals surface area contributed by atoms with E-state index in [4.69, 9.17) is 0 Å². The van der Waals surface area contributed by atoms with Crippen molar-refractivity contribution >= 4 is 34.3 Å². The number of anilines is 1. The summed E-state index contributed by atoms with van der Waals surface area (Å²) in [5, 5.41) is 5.22. The van der Waals surface area contributed by atoms with Gasteiger partial charge in [-0.15, -0.1) is 6.58 Å². The maximum atomic E-state index is 13.8. The SMILES string of the molecule is C=CCn1c(C)c(/C=C2/C(=O)N(c3ccccc3)N=C2C(F)(F)F)c2cccc(C)c21. The first-order valence-corrected chi connectivity index (χ1v) is 9.70. The van der Waals surface area contributed by atoms with Crippen molar-refractivity contribution in [2.45, 2.75) is 26.6 Å². The van der Waals surface area contributed by atoms with Crippen LogP contribution in [-0.4, -0.2) is 22.4 Å². The number of nitrogens with zero attached hydrogens (tertiary/aromatic N) is 3. The maximum Gasteiger partial charge on any atom is 0.435 e. The molecule has 0 bridgehead atoms. The second-order valence-corrected chi connectivity index (χ2v) is 7.33. The van der Waals surface area contributed by atoms with E-state index in [0.717, 1.165) is 27.2 Å². The molecule has 4 rings (SSSR count). The van der Waals surface area contributed by atoms with Gasteiger partial charge in [-0.3, -0.25) is 4.79 Å². The molecule has 7 heteroatoms.